The van der Waals surface area contributed by atoms with E-state index in [4.69, 9.17) is 10.5 Å². The number of hydrogen-bond donors (Lipinski definition) is 2. The van der Waals surface area contributed by atoms with E-state index < -0.39 is 12.3 Å². The van der Waals surface area contributed by atoms with E-state index in [0.29, 0.717) is 28.2 Å². The van der Waals surface area contributed by atoms with Crippen LogP contribution in [0, 0.1) is 0 Å². The number of amides is 1. The average molecular weight is 458 g/mol. The molecule has 3 aromatic heterocycles. The zero-order chi connectivity index (χ0) is 23.6. The molecule has 0 aliphatic carbocycles. The number of nitrogen functional groups attached to an aromatic ring is 1. The Morgan fingerprint density at radius 3 is 2.61 bits per heavy atom. The smallest absolute Gasteiger partial charge is 0.481 e. The predicted molar refractivity (Wildman–Crippen MR) is 111 cm³/mol. The van der Waals surface area contributed by atoms with Crippen LogP contribution < -0.4 is 20.5 Å². The Morgan fingerprint density at radius 2 is 1.91 bits per heavy atom. The van der Waals surface area contributed by atoms with Crippen molar-refractivity contribution in [2.75, 3.05) is 12.8 Å². The number of aromatic nitrogens is 4. The highest BCUT2D eigenvalue weighted by Gasteiger charge is 2.31. The molecule has 0 saturated carbocycles. The molecule has 33 heavy (non-hydrogen) atoms. The Labute approximate surface area is 185 Å². The predicted octanol–water partition coefficient (Wildman–Crippen LogP) is 3.21. The fraction of sp³-hybridized carbons (Fsp3) is 0.143. The molecule has 9 nitrogen and oxygen atoms in total. The summed E-state index contributed by atoms with van der Waals surface area (Å²) < 4.78 is 47.4. The number of halogens is 3. The van der Waals surface area contributed by atoms with Crippen molar-refractivity contribution in [3.63, 3.8) is 0 Å². The summed E-state index contributed by atoms with van der Waals surface area (Å²) in [6.07, 6.45) is -1.94. The first-order valence-corrected chi connectivity index (χ1v) is 9.50. The van der Waals surface area contributed by atoms with Crippen LogP contribution in [0.5, 0.6) is 11.6 Å². The van der Waals surface area contributed by atoms with Crippen LogP contribution in [0.2, 0.25) is 0 Å². The van der Waals surface area contributed by atoms with E-state index in [-0.39, 0.29) is 23.7 Å². The van der Waals surface area contributed by atoms with Crippen LogP contribution in [0.1, 0.15) is 15.9 Å². The highest BCUT2D eigenvalue weighted by molar-refractivity contribution is 6.05. The number of nitrogens with zero attached hydrogens (tertiary/aromatic N) is 4. The lowest BCUT2D eigenvalue weighted by atomic mass is 10.1. The Kier molecular flexibility index (Phi) is 5.73. The molecule has 3 N–H and O–H groups in total. The van der Waals surface area contributed by atoms with Gasteiger partial charge < -0.3 is 20.5 Å². The third kappa shape index (κ3) is 4.79. The molecule has 0 saturated heterocycles. The van der Waals surface area contributed by atoms with Gasteiger partial charge in [-0.05, 0) is 29.8 Å². The van der Waals surface area contributed by atoms with Crippen LogP contribution in [-0.2, 0) is 6.54 Å². The van der Waals surface area contributed by atoms with Gasteiger partial charge in [0.25, 0.3) is 5.91 Å². The third-order valence-electron chi connectivity index (χ3n) is 4.68. The largest absolute Gasteiger partial charge is 0.573 e. The van der Waals surface area contributed by atoms with Crippen molar-refractivity contribution in [1.29, 1.82) is 0 Å². The summed E-state index contributed by atoms with van der Waals surface area (Å²) in [5.41, 5.74) is 8.40. The van der Waals surface area contributed by atoms with Gasteiger partial charge in [-0.3, -0.25) is 4.79 Å². The van der Waals surface area contributed by atoms with Gasteiger partial charge in [0, 0.05) is 24.4 Å². The van der Waals surface area contributed by atoms with E-state index in [2.05, 4.69) is 25.1 Å². The highest BCUT2D eigenvalue weighted by atomic mass is 19.4. The first-order chi connectivity index (χ1) is 15.7. The second-order valence-corrected chi connectivity index (χ2v) is 6.81. The van der Waals surface area contributed by atoms with Crippen molar-refractivity contribution >= 4 is 17.2 Å². The molecular formula is C21H17F3N6O3. The Bertz CT molecular complexity index is 1310. The number of rotatable bonds is 6. The Morgan fingerprint density at radius 1 is 1.15 bits per heavy atom. The monoisotopic (exact) mass is 458 g/mol. The van der Waals surface area contributed by atoms with Gasteiger partial charge >= 0.3 is 6.36 Å². The maximum Gasteiger partial charge on any atom is 0.573 e. The highest BCUT2D eigenvalue weighted by Crippen LogP contribution is 2.29. The number of fused-ring (bicyclic) bond motifs is 1. The van der Waals surface area contributed by atoms with Gasteiger partial charge in [-0.2, -0.15) is 5.10 Å². The molecule has 170 valence electrons. The zero-order valence-electron chi connectivity index (χ0n) is 17.1. The van der Waals surface area contributed by atoms with Crippen molar-refractivity contribution < 1.29 is 27.4 Å². The standard InChI is InChI=1S/C21H17F3N6O3/c1-32-17-8-13(6-7-26-17)16-9-15(18-19(25)28-11-29-30(16)18)20(31)27-10-12-2-4-14(5-3-12)33-21(22,23)24/h2-9,11H,10H2,1H3,(H,27,31)(H2,25,28,29). The molecule has 0 fully saturated rings. The van der Waals surface area contributed by atoms with Crippen LogP contribution in [0.4, 0.5) is 19.0 Å². The quantitative estimate of drug-likeness (QED) is 0.456. The summed E-state index contributed by atoms with van der Waals surface area (Å²) in [7, 11) is 1.49. The lowest BCUT2D eigenvalue weighted by molar-refractivity contribution is -0.274. The number of carbonyl (C=O) groups is 1. The number of ether oxygens (including phenoxy) is 2. The van der Waals surface area contributed by atoms with Crippen LogP contribution in [0.15, 0.2) is 55.0 Å². The molecule has 1 aromatic carbocycles. The van der Waals surface area contributed by atoms with Crippen molar-refractivity contribution in [2.24, 2.45) is 0 Å². The minimum absolute atomic E-state index is 0.0640. The van der Waals surface area contributed by atoms with E-state index >= 15 is 0 Å². The van der Waals surface area contributed by atoms with Gasteiger partial charge in [0.15, 0.2) is 5.82 Å². The normalized spacial score (nSPS) is 11.4. The maximum atomic E-state index is 13.0. The van der Waals surface area contributed by atoms with Gasteiger partial charge in [-0.25, -0.2) is 14.5 Å². The lowest BCUT2D eigenvalue weighted by Gasteiger charge is -2.09. The molecule has 12 heteroatoms. The third-order valence-corrected chi connectivity index (χ3v) is 4.68. The van der Waals surface area contributed by atoms with Crippen LogP contribution in [0.25, 0.3) is 16.8 Å². The second kappa shape index (κ2) is 8.65. The number of pyridine rings is 1. The number of anilines is 1. The summed E-state index contributed by atoms with van der Waals surface area (Å²) in [5.74, 6) is -0.320. The van der Waals surface area contributed by atoms with Gasteiger partial charge in [-0.15, -0.1) is 13.2 Å². The summed E-state index contributed by atoms with van der Waals surface area (Å²) >= 11 is 0. The summed E-state index contributed by atoms with van der Waals surface area (Å²) in [5, 5.41) is 6.94. The van der Waals surface area contributed by atoms with Gasteiger partial charge in [0.1, 0.15) is 17.6 Å². The summed E-state index contributed by atoms with van der Waals surface area (Å²) in [6, 6.07) is 10.2. The fourth-order valence-electron chi connectivity index (χ4n) is 3.21. The maximum absolute atomic E-state index is 13.0. The lowest BCUT2D eigenvalue weighted by Crippen LogP contribution is -2.23. The van der Waals surface area contributed by atoms with E-state index in [1.807, 2.05) is 0 Å². The first-order valence-electron chi connectivity index (χ1n) is 9.50. The van der Waals surface area contributed by atoms with Crippen molar-refractivity contribution in [3.05, 3.63) is 66.1 Å². The van der Waals surface area contributed by atoms with E-state index in [0.717, 1.165) is 0 Å². The molecule has 0 aliphatic heterocycles. The van der Waals surface area contributed by atoms with E-state index in [1.165, 1.54) is 42.2 Å². The SMILES string of the molecule is COc1cc(-c2cc(C(=O)NCc3ccc(OC(F)(F)F)cc3)c3c(N)ncnn23)ccn1. The molecule has 4 aromatic rings. The number of hydrogen-bond acceptors (Lipinski definition) is 7. The van der Waals surface area contributed by atoms with Gasteiger partial charge in [0.05, 0.1) is 18.4 Å². The second-order valence-electron chi connectivity index (χ2n) is 6.81. The van der Waals surface area contributed by atoms with E-state index in [1.54, 1.807) is 24.4 Å². The topological polar surface area (TPSA) is 117 Å². The molecular weight excluding hydrogens is 441 g/mol. The van der Waals surface area contributed by atoms with Crippen molar-refractivity contribution in [3.8, 4) is 22.9 Å². The Hall–Kier alpha value is -4.35. The number of nitrogens with one attached hydrogen (secondary N) is 1. The molecule has 0 bridgehead atoms. The molecule has 0 radical (unpaired) electrons. The Balaban J connectivity index is 1.59. The number of benzene rings is 1. The van der Waals surface area contributed by atoms with Crippen molar-refractivity contribution in [1.82, 2.24) is 24.9 Å². The van der Waals surface area contributed by atoms with E-state index in [9.17, 15) is 18.0 Å². The molecule has 0 spiro atoms. The average Bonchev–Trinajstić information content (AvgIpc) is 3.19. The van der Waals surface area contributed by atoms with Crippen LogP contribution in [-0.4, -0.2) is 39.0 Å². The molecule has 0 unspecified atom stereocenters. The number of alkyl halides is 3. The number of carbonyl (C=O) groups excluding carboxylic acids is 1. The number of nitrogens with two attached hydrogens (primary N) is 1. The fourth-order valence-corrected chi connectivity index (χ4v) is 3.21. The summed E-state index contributed by atoms with van der Waals surface area (Å²) in [6.45, 7) is 0.0640. The van der Waals surface area contributed by atoms with Gasteiger partial charge in [0.2, 0.25) is 5.88 Å². The molecule has 1 amide bonds. The van der Waals surface area contributed by atoms with Crippen molar-refractivity contribution in [2.45, 2.75) is 12.9 Å². The number of methoxy groups -OCH3 is 1. The zero-order valence-corrected chi connectivity index (χ0v) is 17.1. The molecule has 0 aliphatic rings. The molecule has 3 heterocycles. The molecule has 4 rings (SSSR count). The first kappa shape index (κ1) is 21.9. The van der Waals surface area contributed by atoms with Crippen LogP contribution in [0.3, 0.4) is 0 Å². The van der Waals surface area contributed by atoms with Gasteiger partial charge in [-0.1, -0.05) is 12.1 Å². The minimum Gasteiger partial charge on any atom is -0.481 e. The molecule has 0 atom stereocenters. The summed E-state index contributed by atoms with van der Waals surface area (Å²) in [4.78, 5) is 21.0. The minimum atomic E-state index is -4.77. The van der Waals surface area contributed by atoms with Crippen LogP contribution >= 0.6 is 0 Å².